The number of carbonyl (C=O) groups excluding carboxylic acids is 1. The minimum absolute atomic E-state index is 0.146. The van der Waals surface area contributed by atoms with Gasteiger partial charge < -0.3 is 64.9 Å². The third kappa shape index (κ3) is 15.3. The molecule has 48 heavy (non-hydrogen) atoms. The highest BCUT2D eigenvalue weighted by Crippen LogP contribution is 2.30. The number of aliphatic hydroxyl groups is 7. The number of hydrogen-bond donors (Lipinski definition) is 8. The number of ether oxygens (including phenoxy) is 4. The Morgan fingerprint density at radius 2 is 1.29 bits per heavy atom. The first-order chi connectivity index (χ1) is 23.0. The van der Waals surface area contributed by atoms with Gasteiger partial charge in [-0.3, -0.25) is 4.79 Å². The quantitative estimate of drug-likeness (QED) is 0.0507. The average Bonchev–Trinajstić information content (AvgIpc) is 3.05. The largest absolute Gasteiger partial charge is 0.394 e. The van der Waals surface area contributed by atoms with Gasteiger partial charge in [0.05, 0.1) is 19.3 Å². The van der Waals surface area contributed by atoms with Crippen molar-refractivity contribution in [3.63, 3.8) is 0 Å². The van der Waals surface area contributed by atoms with Crippen LogP contribution in [0.15, 0.2) is 12.2 Å². The van der Waals surface area contributed by atoms with Gasteiger partial charge in [0.25, 0.3) is 0 Å². The molecule has 2 fully saturated rings. The number of rotatable bonds is 24. The smallest absolute Gasteiger partial charge is 0.220 e. The lowest BCUT2D eigenvalue weighted by molar-refractivity contribution is -0.371. The zero-order chi connectivity index (χ0) is 35.5. The third-order valence-electron chi connectivity index (χ3n) is 8.88. The molecule has 2 rings (SSSR count). The van der Waals surface area contributed by atoms with Crippen LogP contribution >= 0.6 is 0 Å². The van der Waals surface area contributed by atoms with Gasteiger partial charge in [0.1, 0.15) is 48.8 Å². The molecule has 8 N–H and O–H groups in total. The van der Waals surface area contributed by atoms with Crippen LogP contribution in [0.3, 0.4) is 0 Å². The first kappa shape index (κ1) is 42.9. The highest BCUT2D eigenvalue weighted by molar-refractivity contribution is 5.75. The monoisotopic (exact) mass is 692 g/mol. The van der Waals surface area contributed by atoms with Gasteiger partial charge in [-0.15, -0.1) is 0 Å². The van der Waals surface area contributed by atoms with E-state index in [1.165, 1.54) is 6.42 Å². The van der Waals surface area contributed by atoms with Crippen molar-refractivity contribution < 1.29 is 59.5 Å². The van der Waals surface area contributed by atoms with E-state index in [0.29, 0.717) is 19.4 Å². The summed E-state index contributed by atoms with van der Waals surface area (Å²) in [4.78, 5) is 13.8. The fourth-order valence-electron chi connectivity index (χ4n) is 5.81. The van der Waals surface area contributed by atoms with Crippen LogP contribution in [0.5, 0.6) is 0 Å². The summed E-state index contributed by atoms with van der Waals surface area (Å²) in [7, 11) is 3.98. The van der Waals surface area contributed by atoms with Crippen LogP contribution in [0.25, 0.3) is 0 Å². The van der Waals surface area contributed by atoms with Gasteiger partial charge in [-0.2, -0.15) is 0 Å². The Labute approximate surface area is 286 Å². The van der Waals surface area contributed by atoms with Crippen LogP contribution < -0.4 is 5.32 Å². The standard InChI is InChI=1S/C34H64N2O12/c1-23(17-15-13-11-9-7-5-4-6-8-10-12-14-16-18-26(39)35-19-20-36(2)3)45-34-32(30(43)28(41)25(22-38)47-34)48-33-31(44)29(42)27(40)24(21-37)46-33/h4-5,23-25,27-34,37-38,40-44H,6-22H2,1-3H3,(H,35,39)/b5-4-. The minimum atomic E-state index is -1.71. The molecule has 2 aliphatic rings. The summed E-state index contributed by atoms with van der Waals surface area (Å²) in [6.45, 7) is 2.17. The summed E-state index contributed by atoms with van der Waals surface area (Å²) in [5, 5.41) is 73.8. The topological polar surface area (TPSA) is 211 Å². The molecule has 1 amide bonds. The van der Waals surface area contributed by atoms with E-state index in [-0.39, 0.29) is 12.0 Å². The van der Waals surface area contributed by atoms with E-state index in [1.807, 2.05) is 21.0 Å². The van der Waals surface area contributed by atoms with Crippen LogP contribution in [0, 0.1) is 0 Å². The number of likely N-dealkylation sites (N-methyl/N-ethyl adjacent to an activating group) is 1. The Morgan fingerprint density at radius 3 is 1.90 bits per heavy atom. The summed E-state index contributed by atoms with van der Waals surface area (Å²) in [6.07, 6.45) is 2.56. The highest BCUT2D eigenvalue weighted by Gasteiger charge is 2.51. The molecule has 2 aliphatic heterocycles. The predicted octanol–water partition coefficient (Wildman–Crippen LogP) is 0.321. The van der Waals surface area contributed by atoms with Crippen LogP contribution in [0.2, 0.25) is 0 Å². The number of unbranched alkanes of at least 4 members (excludes halogenated alkanes) is 9. The Morgan fingerprint density at radius 1 is 0.750 bits per heavy atom. The molecular weight excluding hydrogens is 628 g/mol. The average molecular weight is 693 g/mol. The van der Waals surface area contributed by atoms with Crippen molar-refractivity contribution in [3.05, 3.63) is 12.2 Å². The van der Waals surface area contributed by atoms with Crippen molar-refractivity contribution in [2.45, 2.75) is 158 Å². The molecule has 11 atom stereocenters. The molecule has 0 spiro atoms. The maximum Gasteiger partial charge on any atom is 0.220 e. The first-order valence-corrected chi connectivity index (χ1v) is 17.8. The second-order valence-corrected chi connectivity index (χ2v) is 13.4. The number of nitrogens with one attached hydrogen (secondary N) is 1. The molecule has 0 saturated carbocycles. The SMILES string of the molecule is CC(CCCCCC/C=C\CCCCCCCC(=O)NCCN(C)C)OC1OC(CO)C(O)C(O)C1OC1OC(CO)C(O)C(O)C1O. The molecule has 0 aromatic carbocycles. The lowest BCUT2D eigenvalue weighted by Crippen LogP contribution is -2.64. The lowest BCUT2D eigenvalue weighted by Gasteiger charge is -2.46. The summed E-state index contributed by atoms with van der Waals surface area (Å²) < 4.78 is 22.8. The summed E-state index contributed by atoms with van der Waals surface area (Å²) >= 11 is 0. The summed E-state index contributed by atoms with van der Waals surface area (Å²) in [5.41, 5.74) is 0. The molecule has 0 radical (unpaired) electrons. The van der Waals surface area contributed by atoms with Gasteiger partial charge >= 0.3 is 0 Å². The van der Waals surface area contributed by atoms with Crippen molar-refractivity contribution in [2.24, 2.45) is 0 Å². The molecule has 11 unspecified atom stereocenters. The van der Waals surface area contributed by atoms with Crippen molar-refractivity contribution >= 4 is 5.91 Å². The highest BCUT2D eigenvalue weighted by atomic mass is 16.8. The van der Waals surface area contributed by atoms with E-state index in [2.05, 4.69) is 22.4 Å². The maximum absolute atomic E-state index is 11.8. The fourth-order valence-corrected chi connectivity index (χ4v) is 5.81. The van der Waals surface area contributed by atoms with Gasteiger partial charge in [0.15, 0.2) is 12.6 Å². The van der Waals surface area contributed by atoms with Crippen molar-refractivity contribution in [1.29, 1.82) is 0 Å². The van der Waals surface area contributed by atoms with E-state index >= 15 is 0 Å². The number of amides is 1. The van der Waals surface area contributed by atoms with Gasteiger partial charge in [-0.05, 0) is 59.5 Å². The molecule has 0 aromatic heterocycles. The predicted molar refractivity (Wildman–Crippen MR) is 178 cm³/mol. The van der Waals surface area contributed by atoms with E-state index in [1.54, 1.807) is 0 Å². The minimum Gasteiger partial charge on any atom is -0.394 e. The number of carbonyl (C=O) groups is 1. The Hall–Kier alpha value is -1.27. The van der Waals surface area contributed by atoms with Crippen LogP contribution in [-0.4, -0.2) is 154 Å². The van der Waals surface area contributed by atoms with E-state index in [9.17, 15) is 40.5 Å². The second-order valence-electron chi connectivity index (χ2n) is 13.4. The van der Waals surface area contributed by atoms with E-state index in [4.69, 9.17) is 18.9 Å². The van der Waals surface area contributed by atoms with Crippen LogP contribution in [-0.2, 0) is 23.7 Å². The number of nitrogens with zero attached hydrogens (tertiary/aromatic N) is 1. The lowest BCUT2D eigenvalue weighted by atomic mass is 9.97. The molecule has 14 nitrogen and oxygen atoms in total. The molecule has 282 valence electrons. The van der Waals surface area contributed by atoms with E-state index < -0.39 is 74.6 Å². The molecule has 2 saturated heterocycles. The van der Waals surface area contributed by atoms with Crippen molar-refractivity contribution in [3.8, 4) is 0 Å². The normalized spacial score (nSPS) is 31.8. The van der Waals surface area contributed by atoms with Crippen molar-refractivity contribution in [2.75, 3.05) is 40.4 Å². The van der Waals surface area contributed by atoms with Gasteiger partial charge in [0.2, 0.25) is 5.91 Å². The number of allylic oxidation sites excluding steroid dienone is 2. The molecule has 0 aliphatic carbocycles. The Balaban J connectivity index is 1.61. The van der Waals surface area contributed by atoms with Gasteiger partial charge in [-0.25, -0.2) is 0 Å². The number of aliphatic hydroxyl groups excluding tert-OH is 7. The summed E-state index contributed by atoms with van der Waals surface area (Å²) in [6, 6.07) is 0. The fraction of sp³-hybridized carbons (Fsp3) is 0.912. The molecular formula is C34H64N2O12. The van der Waals surface area contributed by atoms with Crippen molar-refractivity contribution in [1.82, 2.24) is 10.2 Å². The first-order valence-electron chi connectivity index (χ1n) is 17.8. The zero-order valence-electron chi connectivity index (χ0n) is 29.1. The molecule has 0 bridgehead atoms. The van der Waals surface area contributed by atoms with E-state index in [0.717, 1.165) is 70.8 Å². The maximum atomic E-state index is 11.8. The Kier molecular flexibility index (Phi) is 21.5. The zero-order valence-corrected chi connectivity index (χ0v) is 29.1. The molecule has 2 heterocycles. The number of hydrogen-bond acceptors (Lipinski definition) is 13. The molecule has 0 aromatic rings. The van der Waals surface area contributed by atoms with Gasteiger partial charge in [0, 0.05) is 19.5 Å². The van der Waals surface area contributed by atoms with Crippen LogP contribution in [0.4, 0.5) is 0 Å². The summed E-state index contributed by atoms with van der Waals surface area (Å²) in [5.74, 6) is 0.146. The second kappa shape index (κ2) is 24.0. The van der Waals surface area contributed by atoms with Crippen LogP contribution in [0.1, 0.15) is 90.4 Å². The third-order valence-corrected chi connectivity index (χ3v) is 8.88. The molecule has 14 heteroatoms. The Bertz CT molecular complexity index is 881. The van der Waals surface area contributed by atoms with Gasteiger partial charge in [-0.1, -0.05) is 50.7 Å².